The summed E-state index contributed by atoms with van der Waals surface area (Å²) in [6.45, 7) is 1.80. The lowest BCUT2D eigenvalue weighted by molar-refractivity contribution is -0.384. The Morgan fingerprint density at radius 3 is 2.52 bits per heavy atom. The van der Waals surface area contributed by atoms with E-state index in [-0.39, 0.29) is 10.6 Å². The molecule has 2 aromatic rings. The molecule has 0 bridgehead atoms. The van der Waals surface area contributed by atoms with Crippen LogP contribution < -0.4 is 10.1 Å². The minimum absolute atomic E-state index is 0.0593. The van der Waals surface area contributed by atoms with Gasteiger partial charge in [0.25, 0.3) is 15.7 Å². The Labute approximate surface area is 143 Å². The molecular weight excluding hydrogens is 348 g/mol. The van der Waals surface area contributed by atoms with Crippen molar-refractivity contribution in [2.75, 3.05) is 0 Å². The summed E-state index contributed by atoms with van der Waals surface area (Å²) in [5.41, 5.74) is 3.11. The van der Waals surface area contributed by atoms with E-state index in [2.05, 4.69) is 5.10 Å². The molecular formula is C15H14N4O5S. The number of hydrazone groups is 1. The predicted octanol–water partition coefficient (Wildman–Crippen LogP) is 1.93. The minimum atomic E-state index is -4.01. The molecule has 0 atom stereocenters. The number of hydrogen-bond donors (Lipinski definition) is 2. The number of nitrogens with one attached hydrogen (secondary N) is 2. The molecule has 0 aliphatic carbocycles. The van der Waals surface area contributed by atoms with Gasteiger partial charge < -0.3 is 0 Å². The number of urea groups is 1. The highest BCUT2D eigenvalue weighted by Gasteiger charge is 2.16. The zero-order valence-electron chi connectivity index (χ0n) is 13.0. The third-order valence-corrected chi connectivity index (χ3v) is 4.37. The fraction of sp³-hybridized carbons (Fsp3) is 0.0667. The van der Waals surface area contributed by atoms with E-state index < -0.39 is 21.0 Å². The average molecular weight is 362 g/mol. The second-order valence-corrected chi connectivity index (χ2v) is 6.65. The Bertz CT molecular complexity index is 923. The quantitative estimate of drug-likeness (QED) is 0.477. The van der Waals surface area contributed by atoms with Crippen LogP contribution >= 0.6 is 0 Å². The summed E-state index contributed by atoms with van der Waals surface area (Å²) in [4.78, 5) is 21.7. The summed E-state index contributed by atoms with van der Waals surface area (Å²) in [5.74, 6) is 0. The lowest BCUT2D eigenvalue weighted by Gasteiger charge is -2.06. The summed E-state index contributed by atoms with van der Waals surface area (Å²) in [6, 6.07) is 10.5. The number of nitro groups is 1. The first-order valence-electron chi connectivity index (χ1n) is 6.95. The van der Waals surface area contributed by atoms with E-state index in [1.165, 1.54) is 30.3 Å². The molecule has 0 saturated heterocycles. The Balaban J connectivity index is 1.99. The zero-order chi connectivity index (χ0) is 18.4. The van der Waals surface area contributed by atoms with Crippen LogP contribution in [0.5, 0.6) is 0 Å². The molecule has 0 aromatic heterocycles. The number of amides is 2. The number of nitrogens with zero attached hydrogens (tertiary/aromatic N) is 2. The second kappa shape index (κ2) is 7.53. The van der Waals surface area contributed by atoms with Crippen molar-refractivity contribution in [1.82, 2.24) is 10.1 Å². The first kappa shape index (κ1) is 18.1. The van der Waals surface area contributed by atoms with Crippen molar-refractivity contribution >= 4 is 28.0 Å². The molecule has 130 valence electrons. The highest BCUT2D eigenvalue weighted by molar-refractivity contribution is 7.90. The van der Waals surface area contributed by atoms with Gasteiger partial charge in [0.05, 0.1) is 16.0 Å². The smallest absolute Gasteiger partial charge is 0.258 e. The fourth-order valence-corrected chi connectivity index (χ4v) is 2.71. The van der Waals surface area contributed by atoms with E-state index in [4.69, 9.17) is 0 Å². The normalized spacial score (nSPS) is 11.2. The Hall–Kier alpha value is -3.27. The van der Waals surface area contributed by atoms with Gasteiger partial charge >= 0.3 is 6.03 Å². The summed E-state index contributed by atoms with van der Waals surface area (Å²) >= 11 is 0. The van der Waals surface area contributed by atoms with Crippen molar-refractivity contribution < 1.29 is 18.1 Å². The van der Waals surface area contributed by atoms with Gasteiger partial charge in [0.2, 0.25) is 0 Å². The maximum atomic E-state index is 12.0. The molecule has 0 radical (unpaired) electrons. The third kappa shape index (κ3) is 5.11. The molecule has 2 N–H and O–H groups in total. The highest BCUT2D eigenvalue weighted by atomic mass is 32.2. The molecule has 0 saturated carbocycles. The van der Waals surface area contributed by atoms with Gasteiger partial charge in [0.1, 0.15) is 0 Å². The molecule has 0 heterocycles. The van der Waals surface area contributed by atoms with E-state index >= 15 is 0 Å². The van der Waals surface area contributed by atoms with Gasteiger partial charge in [-0.3, -0.25) is 10.1 Å². The number of hydrogen-bond acceptors (Lipinski definition) is 6. The van der Waals surface area contributed by atoms with Crippen molar-refractivity contribution in [3.8, 4) is 0 Å². The molecule has 2 aromatic carbocycles. The van der Waals surface area contributed by atoms with Crippen molar-refractivity contribution in [2.45, 2.75) is 11.8 Å². The van der Waals surface area contributed by atoms with Crippen molar-refractivity contribution in [2.24, 2.45) is 5.10 Å². The van der Waals surface area contributed by atoms with Crippen LogP contribution in [-0.2, 0) is 10.0 Å². The van der Waals surface area contributed by atoms with Gasteiger partial charge in [0, 0.05) is 17.7 Å². The largest absolute Gasteiger partial charge is 0.349 e. The molecule has 10 heteroatoms. The monoisotopic (exact) mass is 362 g/mol. The lowest BCUT2D eigenvalue weighted by atomic mass is 10.2. The molecule has 9 nitrogen and oxygen atoms in total. The Morgan fingerprint density at radius 2 is 1.88 bits per heavy atom. The summed E-state index contributed by atoms with van der Waals surface area (Å²) in [5, 5.41) is 14.2. The maximum absolute atomic E-state index is 12.0. The number of benzene rings is 2. The number of sulfonamides is 1. The highest BCUT2D eigenvalue weighted by Crippen LogP contribution is 2.11. The van der Waals surface area contributed by atoms with Crippen molar-refractivity contribution in [3.63, 3.8) is 0 Å². The SMILES string of the molecule is Cc1ccc(S(=O)(=O)NC(=O)N/N=C/c2cccc([N+](=O)[O-])c2)cc1. The van der Waals surface area contributed by atoms with Gasteiger partial charge in [0.15, 0.2) is 0 Å². The first-order chi connectivity index (χ1) is 11.8. The van der Waals surface area contributed by atoms with Crippen LogP contribution in [0, 0.1) is 17.0 Å². The minimum Gasteiger partial charge on any atom is -0.258 e. The van der Waals surface area contributed by atoms with Gasteiger partial charge in [-0.05, 0) is 19.1 Å². The van der Waals surface area contributed by atoms with E-state index in [0.717, 1.165) is 11.8 Å². The predicted molar refractivity (Wildman–Crippen MR) is 90.7 cm³/mol. The van der Waals surface area contributed by atoms with E-state index in [0.29, 0.717) is 5.56 Å². The van der Waals surface area contributed by atoms with E-state index in [1.54, 1.807) is 25.1 Å². The molecule has 0 spiro atoms. The van der Waals surface area contributed by atoms with Crippen LogP contribution in [0.2, 0.25) is 0 Å². The molecule has 0 aliphatic heterocycles. The maximum Gasteiger partial charge on any atom is 0.349 e. The molecule has 2 rings (SSSR count). The van der Waals surface area contributed by atoms with Crippen LogP contribution in [0.25, 0.3) is 0 Å². The molecule has 25 heavy (non-hydrogen) atoms. The first-order valence-corrected chi connectivity index (χ1v) is 8.43. The van der Waals surface area contributed by atoms with Gasteiger partial charge in [-0.1, -0.05) is 29.8 Å². The number of aryl methyl sites for hydroxylation is 1. The number of carbonyl (C=O) groups is 1. The number of non-ortho nitro benzene ring substituents is 1. The van der Waals surface area contributed by atoms with E-state index in [1.807, 2.05) is 10.1 Å². The van der Waals surface area contributed by atoms with Crippen LogP contribution in [0.3, 0.4) is 0 Å². The van der Waals surface area contributed by atoms with Gasteiger partial charge in [-0.25, -0.2) is 23.4 Å². The van der Waals surface area contributed by atoms with E-state index in [9.17, 15) is 23.3 Å². The number of nitro benzene ring substituents is 1. The van der Waals surface area contributed by atoms with Gasteiger partial charge in [-0.2, -0.15) is 5.10 Å². The number of rotatable bonds is 5. The lowest BCUT2D eigenvalue weighted by Crippen LogP contribution is -2.37. The van der Waals surface area contributed by atoms with Crippen LogP contribution in [-0.4, -0.2) is 25.6 Å². The average Bonchev–Trinajstić information content (AvgIpc) is 2.55. The third-order valence-electron chi connectivity index (χ3n) is 3.02. The van der Waals surface area contributed by atoms with Crippen LogP contribution in [0.1, 0.15) is 11.1 Å². The molecule has 2 amide bonds. The summed E-state index contributed by atoms with van der Waals surface area (Å²) < 4.78 is 25.8. The standard InChI is InChI=1S/C15H14N4O5S/c1-11-5-7-14(8-6-11)25(23,24)18-15(20)17-16-10-12-3-2-4-13(9-12)19(21)22/h2-10H,1H3,(H2,17,18,20)/b16-10+. The van der Waals surface area contributed by atoms with Gasteiger partial charge in [-0.15, -0.1) is 0 Å². The molecule has 0 fully saturated rings. The van der Waals surface area contributed by atoms with Crippen molar-refractivity contribution in [1.29, 1.82) is 0 Å². The topological polar surface area (TPSA) is 131 Å². The van der Waals surface area contributed by atoms with Crippen LogP contribution in [0.4, 0.5) is 10.5 Å². The molecule has 0 unspecified atom stereocenters. The fourth-order valence-electron chi connectivity index (χ4n) is 1.81. The Morgan fingerprint density at radius 1 is 1.20 bits per heavy atom. The van der Waals surface area contributed by atoms with Crippen LogP contribution in [0.15, 0.2) is 58.5 Å². The zero-order valence-corrected chi connectivity index (χ0v) is 13.9. The number of carbonyl (C=O) groups excluding carboxylic acids is 1. The van der Waals surface area contributed by atoms with Crippen molar-refractivity contribution in [3.05, 3.63) is 69.8 Å². The second-order valence-electron chi connectivity index (χ2n) is 4.97. The summed E-state index contributed by atoms with van der Waals surface area (Å²) in [7, 11) is -4.01. The Kier molecular flexibility index (Phi) is 5.45. The molecule has 0 aliphatic rings. The summed E-state index contributed by atoms with van der Waals surface area (Å²) in [6.07, 6.45) is 1.16.